The third-order valence-corrected chi connectivity index (χ3v) is 9.54. The summed E-state index contributed by atoms with van der Waals surface area (Å²) in [5, 5.41) is 7.84. The summed E-state index contributed by atoms with van der Waals surface area (Å²) in [6.07, 6.45) is 32.5. The number of aryl methyl sites for hydroxylation is 4. The molecule has 6 heteroatoms. The number of unbranched alkanes of at least 4 members (excludes halogenated alkanes) is 9. The highest BCUT2D eigenvalue weighted by Crippen LogP contribution is 2.16. The van der Waals surface area contributed by atoms with E-state index in [2.05, 4.69) is 150 Å². The molecule has 326 valence electrons. The standard InChI is InChI=1S/C33H45N5.C7H8.C7H14.C5H9N.C2H6/c1-3-4-5-6-14-22-36-26-27-37(29-36)23-15-7-8-16-24-38-25-21-30(32-19-12-13-20-33(32)38)28-34-35(2)31-17-10-9-11-18-31;1-7-5-3-2-4-6-7;1-3-5-7-6-4-2;1-5(2)4-6-3;1-2/h9-13,17-21,25-29H,3-8,14-16,22-24H2,1-2H3;2-6H,1H3;3,5H,4,6-7H2,1-2H3;4H,1H2,2-3H3;1-2H3/q+2;;;;/b;;5-3-;;. The van der Waals surface area contributed by atoms with Gasteiger partial charge in [-0.15, -0.1) is 0 Å². The monoisotopic (exact) mass is 815 g/mol. The van der Waals surface area contributed by atoms with Gasteiger partial charge in [0.25, 0.3) is 0 Å². The van der Waals surface area contributed by atoms with E-state index in [1.165, 1.54) is 93.5 Å². The summed E-state index contributed by atoms with van der Waals surface area (Å²) in [5.74, 6) is 0. The molecule has 0 unspecified atom stereocenters. The molecule has 5 aromatic rings. The lowest BCUT2D eigenvalue weighted by Gasteiger charge is -2.12. The molecule has 6 nitrogen and oxygen atoms in total. The minimum atomic E-state index is 0.998. The number of para-hydroxylation sites is 2. The third kappa shape index (κ3) is 24.7. The molecule has 0 aliphatic rings. The number of hydrogen-bond donors (Lipinski definition) is 0. The van der Waals surface area contributed by atoms with Crippen molar-refractivity contribution in [2.75, 3.05) is 19.1 Å². The van der Waals surface area contributed by atoms with Crippen molar-refractivity contribution in [1.29, 1.82) is 0 Å². The number of allylic oxidation sites excluding steroid dienone is 3. The Hall–Kier alpha value is -5.10. The maximum Gasteiger partial charge on any atom is 0.243 e. The second-order valence-electron chi connectivity index (χ2n) is 14.9. The summed E-state index contributed by atoms with van der Waals surface area (Å²) >= 11 is 0. The van der Waals surface area contributed by atoms with Gasteiger partial charge in [0.05, 0.1) is 30.4 Å². The minimum absolute atomic E-state index is 0.998. The zero-order valence-electron chi connectivity index (χ0n) is 39.3. The maximum atomic E-state index is 4.69. The van der Waals surface area contributed by atoms with E-state index < -0.39 is 0 Å². The zero-order valence-corrected chi connectivity index (χ0v) is 39.3. The highest BCUT2D eigenvalue weighted by Gasteiger charge is 2.12. The number of rotatable bonds is 20. The highest BCUT2D eigenvalue weighted by atomic mass is 15.4. The number of fused-ring (bicyclic) bond motifs is 1. The number of imidazole rings is 1. The molecule has 60 heavy (non-hydrogen) atoms. The predicted molar refractivity (Wildman–Crippen MR) is 265 cm³/mol. The average Bonchev–Trinajstić information content (AvgIpc) is 3.73. The van der Waals surface area contributed by atoms with Crippen LogP contribution in [0.3, 0.4) is 0 Å². The van der Waals surface area contributed by atoms with E-state index in [0.717, 1.165) is 36.5 Å². The Morgan fingerprint density at radius 3 is 1.97 bits per heavy atom. The lowest BCUT2D eigenvalue weighted by molar-refractivity contribution is -0.696. The van der Waals surface area contributed by atoms with Gasteiger partial charge >= 0.3 is 0 Å². The van der Waals surface area contributed by atoms with Gasteiger partial charge in [-0.1, -0.05) is 145 Å². The number of pyridine rings is 1. The van der Waals surface area contributed by atoms with Crippen LogP contribution < -0.4 is 14.1 Å². The van der Waals surface area contributed by atoms with Crippen LogP contribution in [-0.2, 0) is 19.6 Å². The van der Waals surface area contributed by atoms with Crippen molar-refractivity contribution in [2.45, 2.75) is 145 Å². The summed E-state index contributed by atoms with van der Waals surface area (Å²) in [7, 11) is 3.72. The van der Waals surface area contributed by atoms with Crippen LogP contribution in [0.2, 0.25) is 0 Å². The van der Waals surface area contributed by atoms with Crippen LogP contribution in [0.1, 0.15) is 130 Å². The molecule has 2 aromatic heterocycles. The number of anilines is 1. The van der Waals surface area contributed by atoms with Crippen LogP contribution in [0, 0.1) is 6.92 Å². The van der Waals surface area contributed by atoms with Gasteiger partial charge in [-0.2, -0.15) is 9.67 Å². The normalized spacial score (nSPS) is 10.6. The van der Waals surface area contributed by atoms with Crippen molar-refractivity contribution >= 4 is 29.0 Å². The van der Waals surface area contributed by atoms with Crippen molar-refractivity contribution in [3.8, 4) is 0 Å². The van der Waals surface area contributed by atoms with Gasteiger partial charge in [-0.05, 0) is 83.1 Å². The molecular weight excluding hydrogens is 733 g/mol. The molecular formula is C54H82N6+2. The molecule has 0 saturated carbocycles. The number of nitrogens with zero attached hydrogens (tertiary/aromatic N) is 6. The molecule has 0 amide bonds. The Morgan fingerprint density at radius 2 is 1.37 bits per heavy atom. The van der Waals surface area contributed by atoms with Gasteiger partial charge in [-0.3, -0.25) is 10.0 Å². The Balaban J connectivity index is 0.000000666. The predicted octanol–water partition coefficient (Wildman–Crippen LogP) is 14.0. The Labute approximate surface area is 367 Å². The van der Waals surface area contributed by atoms with Crippen LogP contribution in [0.5, 0.6) is 0 Å². The summed E-state index contributed by atoms with van der Waals surface area (Å²) in [6.45, 7) is 21.4. The first-order chi connectivity index (χ1) is 29.3. The lowest BCUT2D eigenvalue weighted by atomic mass is 10.1. The summed E-state index contributed by atoms with van der Waals surface area (Å²) in [5.41, 5.74) is 5.81. The zero-order chi connectivity index (χ0) is 44.1. The van der Waals surface area contributed by atoms with Crippen LogP contribution in [0.25, 0.3) is 10.9 Å². The third-order valence-electron chi connectivity index (χ3n) is 9.54. The van der Waals surface area contributed by atoms with Crippen LogP contribution >= 0.6 is 0 Å². The van der Waals surface area contributed by atoms with Gasteiger partial charge in [0, 0.05) is 44.4 Å². The van der Waals surface area contributed by atoms with E-state index in [4.69, 9.17) is 0 Å². The molecule has 0 aliphatic heterocycles. The number of aliphatic imine (C=N–C) groups is 1. The smallest absolute Gasteiger partial charge is 0.243 e. The first kappa shape index (κ1) is 52.9. The molecule has 0 aliphatic carbocycles. The fourth-order valence-corrected chi connectivity index (χ4v) is 6.25. The summed E-state index contributed by atoms with van der Waals surface area (Å²) < 4.78 is 7.09. The first-order valence-electron chi connectivity index (χ1n) is 22.8. The SMILES string of the molecule is C/C=C\CCCC.C=C(C)C=NC.CC.CCCCCCC[n+]1ccn(CCCCCC[n+]2ccc(/C=N/N(C)c3ccccc3)c3ccccc32)c1.Cc1ccccc1. The Bertz CT molecular complexity index is 1860. The molecule has 0 saturated heterocycles. The molecule has 0 radical (unpaired) electrons. The van der Waals surface area contributed by atoms with Crippen LogP contribution in [0.15, 0.2) is 150 Å². The maximum absolute atomic E-state index is 4.69. The Morgan fingerprint density at radius 1 is 0.750 bits per heavy atom. The van der Waals surface area contributed by atoms with Crippen molar-refractivity contribution < 1.29 is 9.13 Å². The van der Waals surface area contributed by atoms with Crippen molar-refractivity contribution in [2.24, 2.45) is 10.1 Å². The topological polar surface area (TPSA) is 40.6 Å². The molecule has 0 fully saturated rings. The molecule has 0 bridgehead atoms. The van der Waals surface area contributed by atoms with Gasteiger partial charge in [0.1, 0.15) is 18.9 Å². The fraction of sp³-hybridized carbons (Fsp3) is 0.444. The number of hydrazone groups is 1. The second-order valence-corrected chi connectivity index (χ2v) is 14.9. The van der Waals surface area contributed by atoms with Gasteiger partial charge in [0.2, 0.25) is 11.8 Å². The molecule has 0 spiro atoms. The van der Waals surface area contributed by atoms with Crippen molar-refractivity contribution in [1.82, 2.24) is 4.57 Å². The first-order valence-corrected chi connectivity index (χ1v) is 22.8. The van der Waals surface area contributed by atoms with E-state index >= 15 is 0 Å². The van der Waals surface area contributed by atoms with Gasteiger partial charge < -0.3 is 0 Å². The summed E-state index contributed by atoms with van der Waals surface area (Å²) in [4.78, 5) is 3.71. The summed E-state index contributed by atoms with van der Waals surface area (Å²) in [6, 6.07) is 31.4. The quantitative estimate of drug-likeness (QED) is 0.0254. The number of hydrogen-bond acceptors (Lipinski definition) is 3. The van der Waals surface area contributed by atoms with Gasteiger partial charge in [-0.25, -0.2) is 9.13 Å². The van der Waals surface area contributed by atoms with Crippen LogP contribution in [-0.4, -0.2) is 31.1 Å². The highest BCUT2D eigenvalue weighted by molar-refractivity contribution is 5.97. The number of benzene rings is 3. The second kappa shape index (κ2) is 35.8. The lowest BCUT2D eigenvalue weighted by Crippen LogP contribution is -2.34. The van der Waals surface area contributed by atoms with E-state index in [-0.39, 0.29) is 0 Å². The van der Waals surface area contributed by atoms with Gasteiger partial charge in [0.15, 0.2) is 6.20 Å². The number of aromatic nitrogens is 3. The molecule has 3 aromatic carbocycles. The Kier molecular flexibility index (Phi) is 31.6. The van der Waals surface area contributed by atoms with E-state index in [1.54, 1.807) is 13.3 Å². The molecule has 2 heterocycles. The molecule has 0 atom stereocenters. The minimum Gasteiger partial charge on any atom is -0.296 e. The van der Waals surface area contributed by atoms with Crippen LogP contribution in [0.4, 0.5) is 5.69 Å². The van der Waals surface area contributed by atoms with Crippen molar-refractivity contribution in [3.63, 3.8) is 0 Å². The van der Waals surface area contributed by atoms with E-state index in [9.17, 15) is 0 Å². The average molecular weight is 815 g/mol. The molecule has 0 N–H and O–H groups in total. The largest absolute Gasteiger partial charge is 0.296 e. The molecule has 5 rings (SSSR count). The fourth-order valence-electron chi connectivity index (χ4n) is 6.25. The van der Waals surface area contributed by atoms with E-state index in [1.807, 2.05) is 75.4 Å². The van der Waals surface area contributed by atoms with E-state index in [0.29, 0.717) is 0 Å². The van der Waals surface area contributed by atoms with Crippen molar-refractivity contribution in [3.05, 3.63) is 151 Å².